The van der Waals surface area contributed by atoms with E-state index in [-0.39, 0.29) is 5.91 Å². The molecule has 2 N–H and O–H groups in total. The van der Waals surface area contributed by atoms with Crippen LogP contribution in [0.15, 0.2) is 18.2 Å². The molecule has 0 saturated heterocycles. The van der Waals surface area contributed by atoms with Crippen molar-refractivity contribution in [3.8, 4) is 5.75 Å². The number of anilines is 1. The molecule has 1 aromatic rings. The summed E-state index contributed by atoms with van der Waals surface area (Å²) in [6, 6.07) is 5.35. The van der Waals surface area contributed by atoms with Crippen LogP contribution >= 0.6 is 0 Å². The molecule has 0 aliphatic heterocycles. The maximum absolute atomic E-state index is 11.8. The molecular weight excluding hydrogens is 262 g/mol. The summed E-state index contributed by atoms with van der Waals surface area (Å²) in [5, 5.41) is 12.8. The second-order valence-electron chi connectivity index (χ2n) is 5.66. The first-order valence-corrected chi connectivity index (χ1v) is 8.29. The number of phenols is 1. The molecule has 3 heteroatoms. The third-order valence-electron chi connectivity index (χ3n) is 3.67. The van der Waals surface area contributed by atoms with Crippen LogP contribution in [0.1, 0.15) is 70.8 Å². The van der Waals surface area contributed by atoms with Gasteiger partial charge in [0.2, 0.25) is 5.91 Å². The number of hydrogen-bond acceptors (Lipinski definition) is 2. The van der Waals surface area contributed by atoms with Gasteiger partial charge in [-0.05, 0) is 43.0 Å². The molecule has 1 aromatic carbocycles. The van der Waals surface area contributed by atoms with Crippen molar-refractivity contribution in [1.29, 1.82) is 0 Å². The average Bonchev–Trinajstić information content (AvgIpc) is 2.47. The number of carbonyl (C=O) groups excluding carboxylic acids is 1. The molecule has 0 unspecified atom stereocenters. The highest BCUT2D eigenvalue weighted by atomic mass is 16.3. The maximum Gasteiger partial charge on any atom is 0.224 e. The van der Waals surface area contributed by atoms with E-state index in [1.807, 2.05) is 6.07 Å². The van der Waals surface area contributed by atoms with E-state index in [0.29, 0.717) is 12.2 Å². The van der Waals surface area contributed by atoms with Gasteiger partial charge >= 0.3 is 0 Å². The van der Waals surface area contributed by atoms with Crippen LogP contribution in [0.4, 0.5) is 5.69 Å². The van der Waals surface area contributed by atoms with Crippen molar-refractivity contribution in [3.63, 3.8) is 0 Å². The fourth-order valence-corrected chi connectivity index (χ4v) is 2.36. The zero-order valence-corrected chi connectivity index (χ0v) is 13.5. The molecule has 0 bridgehead atoms. The molecule has 0 aliphatic rings. The Labute approximate surface area is 128 Å². The Kier molecular flexibility index (Phi) is 8.56. The molecule has 21 heavy (non-hydrogen) atoms. The zero-order chi connectivity index (χ0) is 15.5. The Balaban J connectivity index is 2.49. The number of hydrogen-bond donors (Lipinski definition) is 2. The van der Waals surface area contributed by atoms with Crippen molar-refractivity contribution in [2.75, 3.05) is 5.32 Å². The fraction of sp³-hybridized carbons (Fsp3) is 0.611. The molecule has 0 radical (unpaired) electrons. The predicted molar refractivity (Wildman–Crippen MR) is 88.7 cm³/mol. The quantitative estimate of drug-likeness (QED) is 0.469. The average molecular weight is 291 g/mol. The highest BCUT2D eigenvalue weighted by Crippen LogP contribution is 2.23. The predicted octanol–water partition coefficient (Wildman–Crippen LogP) is 5.03. The summed E-state index contributed by atoms with van der Waals surface area (Å²) >= 11 is 0. The second kappa shape index (κ2) is 10.3. The molecule has 3 nitrogen and oxygen atoms in total. The Morgan fingerprint density at radius 2 is 1.76 bits per heavy atom. The third-order valence-corrected chi connectivity index (χ3v) is 3.67. The lowest BCUT2D eigenvalue weighted by Gasteiger charge is -2.09. The summed E-state index contributed by atoms with van der Waals surface area (Å²) in [7, 11) is 0. The Morgan fingerprint density at radius 3 is 2.48 bits per heavy atom. The molecule has 0 fully saturated rings. The van der Waals surface area contributed by atoms with Gasteiger partial charge in [0, 0.05) is 12.1 Å². The number of rotatable bonds is 10. The SMILES string of the molecule is CCCCCCc1cc(NC(=O)CCCCC)ccc1O. The van der Waals surface area contributed by atoms with Gasteiger partial charge in [-0.1, -0.05) is 46.0 Å². The van der Waals surface area contributed by atoms with E-state index in [4.69, 9.17) is 0 Å². The van der Waals surface area contributed by atoms with Crippen LogP contribution in [0.3, 0.4) is 0 Å². The molecule has 1 rings (SSSR count). The van der Waals surface area contributed by atoms with E-state index >= 15 is 0 Å². The van der Waals surface area contributed by atoms with E-state index in [2.05, 4.69) is 19.2 Å². The zero-order valence-electron chi connectivity index (χ0n) is 13.5. The Morgan fingerprint density at radius 1 is 1.05 bits per heavy atom. The molecular formula is C18H29NO2. The number of aromatic hydroxyl groups is 1. The Bertz CT molecular complexity index is 429. The molecule has 0 saturated carbocycles. The Hall–Kier alpha value is -1.51. The topological polar surface area (TPSA) is 49.3 Å². The van der Waals surface area contributed by atoms with Gasteiger partial charge in [0.1, 0.15) is 5.75 Å². The molecule has 118 valence electrons. The van der Waals surface area contributed by atoms with E-state index in [9.17, 15) is 9.90 Å². The van der Waals surface area contributed by atoms with E-state index < -0.39 is 0 Å². The van der Waals surface area contributed by atoms with Gasteiger partial charge in [-0.25, -0.2) is 0 Å². The van der Waals surface area contributed by atoms with Crippen LogP contribution < -0.4 is 5.32 Å². The summed E-state index contributed by atoms with van der Waals surface area (Å²) in [5.74, 6) is 0.390. The van der Waals surface area contributed by atoms with Crippen LogP contribution in [0.2, 0.25) is 0 Å². The van der Waals surface area contributed by atoms with Crippen molar-refractivity contribution in [2.45, 2.75) is 71.6 Å². The first-order chi connectivity index (χ1) is 10.2. The number of benzene rings is 1. The first-order valence-electron chi connectivity index (χ1n) is 8.29. The van der Waals surface area contributed by atoms with E-state index in [0.717, 1.165) is 43.4 Å². The molecule has 0 aromatic heterocycles. The summed E-state index contributed by atoms with van der Waals surface area (Å²) in [5.41, 5.74) is 1.72. The van der Waals surface area contributed by atoms with Crippen LogP contribution in [0.25, 0.3) is 0 Å². The number of unbranched alkanes of at least 4 members (excludes halogenated alkanes) is 5. The highest BCUT2D eigenvalue weighted by molar-refractivity contribution is 5.90. The summed E-state index contributed by atoms with van der Waals surface area (Å²) in [6.45, 7) is 4.31. The highest BCUT2D eigenvalue weighted by Gasteiger charge is 2.06. The number of phenolic OH excluding ortho intramolecular Hbond substituents is 1. The van der Waals surface area contributed by atoms with Gasteiger partial charge in [-0.2, -0.15) is 0 Å². The van der Waals surface area contributed by atoms with E-state index in [1.54, 1.807) is 12.1 Å². The minimum absolute atomic E-state index is 0.0612. The fourth-order valence-electron chi connectivity index (χ4n) is 2.36. The standard InChI is InChI=1S/C18H29NO2/c1-3-5-7-9-10-15-14-16(12-13-17(15)20)19-18(21)11-8-6-4-2/h12-14,20H,3-11H2,1-2H3,(H,19,21). The van der Waals surface area contributed by atoms with Crippen LogP contribution in [-0.2, 0) is 11.2 Å². The lowest BCUT2D eigenvalue weighted by Crippen LogP contribution is -2.11. The maximum atomic E-state index is 11.8. The summed E-state index contributed by atoms with van der Waals surface area (Å²) in [4.78, 5) is 11.8. The lowest BCUT2D eigenvalue weighted by atomic mass is 10.0. The number of amides is 1. The normalized spacial score (nSPS) is 10.6. The smallest absolute Gasteiger partial charge is 0.224 e. The second-order valence-corrected chi connectivity index (χ2v) is 5.66. The number of nitrogens with one attached hydrogen (secondary N) is 1. The van der Waals surface area contributed by atoms with Crippen molar-refractivity contribution in [2.24, 2.45) is 0 Å². The van der Waals surface area contributed by atoms with E-state index in [1.165, 1.54) is 19.3 Å². The van der Waals surface area contributed by atoms with Crippen LogP contribution in [-0.4, -0.2) is 11.0 Å². The molecule has 0 atom stereocenters. The van der Waals surface area contributed by atoms with Gasteiger partial charge in [-0.15, -0.1) is 0 Å². The number of carbonyl (C=O) groups is 1. The van der Waals surface area contributed by atoms with Crippen molar-refractivity contribution < 1.29 is 9.90 Å². The minimum atomic E-state index is 0.0612. The monoisotopic (exact) mass is 291 g/mol. The number of aryl methyl sites for hydroxylation is 1. The summed E-state index contributed by atoms with van der Waals surface area (Å²) in [6.07, 6.45) is 9.28. The minimum Gasteiger partial charge on any atom is -0.508 e. The molecule has 1 amide bonds. The third kappa shape index (κ3) is 7.16. The van der Waals surface area contributed by atoms with Crippen LogP contribution in [0, 0.1) is 0 Å². The summed E-state index contributed by atoms with van der Waals surface area (Å²) < 4.78 is 0. The van der Waals surface area contributed by atoms with Gasteiger partial charge < -0.3 is 10.4 Å². The molecule has 0 heterocycles. The molecule has 0 aliphatic carbocycles. The van der Waals surface area contributed by atoms with Crippen LogP contribution in [0.5, 0.6) is 5.75 Å². The lowest BCUT2D eigenvalue weighted by molar-refractivity contribution is -0.116. The van der Waals surface area contributed by atoms with Crippen molar-refractivity contribution >= 4 is 11.6 Å². The van der Waals surface area contributed by atoms with Gasteiger partial charge in [0.15, 0.2) is 0 Å². The largest absolute Gasteiger partial charge is 0.508 e. The molecule has 0 spiro atoms. The van der Waals surface area contributed by atoms with Crippen molar-refractivity contribution in [3.05, 3.63) is 23.8 Å². The first kappa shape index (κ1) is 17.5. The van der Waals surface area contributed by atoms with Gasteiger partial charge in [0.25, 0.3) is 0 Å². The van der Waals surface area contributed by atoms with Gasteiger partial charge in [0.05, 0.1) is 0 Å². The van der Waals surface area contributed by atoms with Crippen molar-refractivity contribution in [1.82, 2.24) is 0 Å². The van der Waals surface area contributed by atoms with Gasteiger partial charge in [-0.3, -0.25) is 4.79 Å².